The summed E-state index contributed by atoms with van der Waals surface area (Å²) in [5, 5.41) is 0. The van der Waals surface area contributed by atoms with Gasteiger partial charge in [-0.2, -0.15) is 0 Å². The highest BCUT2D eigenvalue weighted by molar-refractivity contribution is 5.40. The van der Waals surface area contributed by atoms with Crippen LogP contribution in [0.3, 0.4) is 0 Å². The van der Waals surface area contributed by atoms with E-state index < -0.39 is 0 Å². The van der Waals surface area contributed by atoms with Crippen molar-refractivity contribution in [2.75, 3.05) is 26.4 Å². The highest BCUT2D eigenvalue weighted by Gasteiger charge is 2.55. The maximum absolute atomic E-state index is 5.92. The summed E-state index contributed by atoms with van der Waals surface area (Å²) in [5.41, 5.74) is 2.86. The van der Waals surface area contributed by atoms with E-state index in [-0.39, 0.29) is 12.2 Å². The molecule has 4 nitrogen and oxygen atoms in total. The first-order chi connectivity index (χ1) is 16.3. The minimum absolute atomic E-state index is 0.290. The summed E-state index contributed by atoms with van der Waals surface area (Å²) < 4.78 is 22.4. The normalized spacial score (nSPS) is 36.4. The predicted octanol–water partition coefficient (Wildman–Crippen LogP) is 5.45. The summed E-state index contributed by atoms with van der Waals surface area (Å²) in [5.74, 6) is 6.92. The maximum atomic E-state index is 5.92. The Kier molecular flexibility index (Phi) is 5.13. The Balaban J connectivity index is 1.15. The lowest BCUT2D eigenvalue weighted by molar-refractivity contribution is 0.175. The maximum Gasteiger partial charge on any atom is 0.119 e. The van der Waals surface area contributed by atoms with Crippen LogP contribution in [0.1, 0.15) is 49.1 Å². The molecule has 5 aliphatic rings. The lowest BCUT2D eigenvalue weighted by Crippen LogP contribution is -2.29. The Morgan fingerprint density at radius 2 is 1.24 bits per heavy atom. The summed E-state index contributed by atoms with van der Waals surface area (Å²) in [4.78, 5) is 0. The van der Waals surface area contributed by atoms with Gasteiger partial charge in [0.2, 0.25) is 0 Å². The molecule has 2 heterocycles. The largest absolute Gasteiger partial charge is 0.491 e. The van der Waals surface area contributed by atoms with Crippen molar-refractivity contribution >= 4 is 0 Å². The molecule has 0 N–H and O–H groups in total. The van der Waals surface area contributed by atoms with Crippen LogP contribution in [0.15, 0.2) is 48.5 Å². The van der Waals surface area contributed by atoms with Crippen molar-refractivity contribution in [1.29, 1.82) is 0 Å². The minimum atomic E-state index is 0.290. The van der Waals surface area contributed by atoms with Gasteiger partial charge in [0.05, 0.1) is 13.2 Å². The molecule has 4 heteroatoms. The molecule has 2 aliphatic heterocycles. The third kappa shape index (κ3) is 4.06. The van der Waals surface area contributed by atoms with Gasteiger partial charge in [0.25, 0.3) is 0 Å². The lowest BCUT2D eigenvalue weighted by atomic mass is 9.67. The Bertz CT molecular complexity index is 903. The Hall–Kier alpha value is -2.04. The first-order valence-corrected chi connectivity index (χ1v) is 13.0. The second-order valence-corrected chi connectivity index (χ2v) is 11.0. The molecule has 3 aliphatic carbocycles. The molecule has 2 saturated heterocycles. The predicted molar refractivity (Wildman–Crippen MR) is 126 cm³/mol. The topological polar surface area (TPSA) is 43.5 Å². The number of ether oxygens (including phenoxy) is 4. The third-order valence-corrected chi connectivity index (χ3v) is 9.06. The van der Waals surface area contributed by atoms with Gasteiger partial charge < -0.3 is 18.9 Å². The molecule has 2 bridgehead atoms. The number of fused-ring (bicyclic) bond motifs is 5. The van der Waals surface area contributed by atoms with Crippen molar-refractivity contribution in [2.45, 2.75) is 50.2 Å². The quantitative estimate of drug-likeness (QED) is 0.481. The minimum Gasteiger partial charge on any atom is -0.491 e. The average molecular weight is 447 g/mol. The molecule has 3 saturated carbocycles. The van der Waals surface area contributed by atoms with Gasteiger partial charge in [-0.25, -0.2) is 0 Å². The van der Waals surface area contributed by atoms with Crippen molar-refractivity contribution in [2.24, 2.45) is 29.6 Å². The molecule has 7 atom stereocenters. The fraction of sp³-hybridized carbons (Fsp3) is 0.586. The zero-order chi connectivity index (χ0) is 21.8. The fourth-order valence-corrected chi connectivity index (χ4v) is 7.44. The molecule has 2 aromatic rings. The van der Waals surface area contributed by atoms with E-state index in [4.69, 9.17) is 18.9 Å². The zero-order valence-electron chi connectivity index (χ0n) is 19.2. The number of benzene rings is 2. The van der Waals surface area contributed by atoms with Crippen molar-refractivity contribution < 1.29 is 18.9 Å². The van der Waals surface area contributed by atoms with Crippen molar-refractivity contribution in [3.8, 4) is 11.5 Å². The van der Waals surface area contributed by atoms with Gasteiger partial charge in [-0.15, -0.1) is 0 Å². The smallest absolute Gasteiger partial charge is 0.119 e. The number of epoxide rings is 2. The Morgan fingerprint density at radius 1 is 0.697 bits per heavy atom. The van der Waals surface area contributed by atoms with Crippen LogP contribution in [0.25, 0.3) is 0 Å². The van der Waals surface area contributed by atoms with E-state index in [2.05, 4.69) is 48.5 Å². The standard InChI is InChI=1S/C29H34O4/c1-2-25-20-12-27(26(25)3-1)28(13-20)29(18-4-8-21(9-5-18)30-14-23-16-32-23)19-6-10-22(11-7-19)31-15-24-17-33-24/h4-11,20,23-29H,1-3,12-17H2. The van der Waals surface area contributed by atoms with Crippen molar-refractivity contribution in [3.63, 3.8) is 0 Å². The molecule has 2 aromatic carbocycles. The summed E-state index contributed by atoms with van der Waals surface area (Å²) in [6, 6.07) is 17.8. The molecule has 0 aromatic heterocycles. The molecule has 7 rings (SSSR count). The van der Waals surface area contributed by atoms with Gasteiger partial charge in [-0.05, 0) is 90.7 Å². The molecule has 7 unspecified atom stereocenters. The highest BCUT2D eigenvalue weighted by Crippen LogP contribution is 2.64. The van der Waals surface area contributed by atoms with Gasteiger partial charge in [0.15, 0.2) is 0 Å². The molecule has 33 heavy (non-hydrogen) atoms. The van der Waals surface area contributed by atoms with Gasteiger partial charge >= 0.3 is 0 Å². The number of rotatable bonds is 9. The van der Waals surface area contributed by atoms with Crippen LogP contribution in [0, 0.1) is 29.6 Å². The summed E-state index contributed by atoms with van der Waals surface area (Å²) in [6.07, 6.45) is 7.83. The average Bonchev–Trinajstić information content (AvgIpc) is 3.73. The van der Waals surface area contributed by atoms with E-state index in [0.717, 1.165) is 54.3 Å². The SMILES string of the molecule is c1cc(C(c2ccc(OCC3CO3)cc2)C2CC3CC2C2CCCC32)ccc1OCC1CO1. The van der Waals surface area contributed by atoms with Gasteiger partial charge in [-0.3, -0.25) is 0 Å². The summed E-state index contributed by atoms with van der Waals surface area (Å²) in [6.45, 7) is 2.98. The molecule has 0 amide bonds. The van der Waals surface area contributed by atoms with Crippen molar-refractivity contribution in [3.05, 3.63) is 59.7 Å². The third-order valence-electron chi connectivity index (χ3n) is 9.06. The van der Waals surface area contributed by atoms with Gasteiger partial charge in [-0.1, -0.05) is 30.7 Å². The second-order valence-electron chi connectivity index (χ2n) is 11.0. The molecular weight excluding hydrogens is 412 g/mol. The van der Waals surface area contributed by atoms with Crippen LogP contribution in [0.5, 0.6) is 11.5 Å². The molecule has 5 fully saturated rings. The molecular formula is C29H34O4. The molecule has 0 radical (unpaired) electrons. The Labute approximate surface area is 196 Å². The van der Waals surface area contributed by atoms with Gasteiger partial charge in [0, 0.05) is 5.92 Å². The van der Waals surface area contributed by atoms with Gasteiger partial charge in [0.1, 0.15) is 36.9 Å². The van der Waals surface area contributed by atoms with Crippen LogP contribution in [0.4, 0.5) is 0 Å². The van der Waals surface area contributed by atoms with Crippen LogP contribution in [-0.2, 0) is 9.47 Å². The summed E-state index contributed by atoms with van der Waals surface area (Å²) >= 11 is 0. The first-order valence-electron chi connectivity index (χ1n) is 13.0. The Morgan fingerprint density at radius 3 is 1.79 bits per heavy atom. The molecule has 174 valence electrons. The second kappa shape index (κ2) is 8.32. The van der Waals surface area contributed by atoms with Crippen LogP contribution in [0.2, 0.25) is 0 Å². The van der Waals surface area contributed by atoms with E-state index in [1.54, 1.807) is 0 Å². The van der Waals surface area contributed by atoms with Crippen LogP contribution < -0.4 is 9.47 Å². The van der Waals surface area contributed by atoms with E-state index in [0.29, 0.717) is 19.1 Å². The first kappa shape index (κ1) is 20.3. The number of hydrogen-bond donors (Lipinski definition) is 0. The monoisotopic (exact) mass is 446 g/mol. The van der Waals surface area contributed by atoms with Crippen LogP contribution in [-0.4, -0.2) is 38.6 Å². The summed E-state index contributed by atoms with van der Waals surface area (Å²) in [7, 11) is 0. The highest BCUT2D eigenvalue weighted by atomic mass is 16.6. The van der Waals surface area contributed by atoms with E-state index in [1.807, 2.05) is 0 Å². The van der Waals surface area contributed by atoms with Crippen LogP contribution >= 0.6 is 0 Å². The van der Waals surface area contributed by atoms with E-state index in [1.165, 1.54) is 43.2 Å². The fourth-order valence-electron chi connectivity index (χ4n) is 7.44. The van der Waals surface area contributed by atoms with Crippen molar-refractivity contribution in [1.82, 2.24) is 0 Å². The van der Waals surface area contributed by atoms with E-state index in [9.17, 15) is 0 Å². The zero-order valence-corrected chi connectivity index (χ0v) is 19.2. The lowest BCUT2D eigenvalue weighted by Gasteiger charge is -2.37. The number of hydrogen-bond acceptors (Lipinski definition) is 4. The van der Waals surface area contributed by atoms with E-state index >= 15 is 0 Å². The molecule has 0 spiro atoms.